The molecule has 4 atom stereocenters. The van der Waals surface area contributed by atoms with E-state index in [9.17, 15) is 0 Å². The highest BCUT2D eigenvalue weighted by atomic mass is 16.6. The molecule has 0 rings (SSSR count). The highest BCUT2D eigenvalue weighted by Gasteiger charge is 2.36. The zero-order chi connectivity index (χ0) is 14.0. The standard InChI is InChI=1S/C12H26O6/c1-13-7-9(15-3)11(17-5)12(18-6)10(16-4)8-14-2/h9-12H,7-8H2,1-6H3/t9-,10-,11+,12+/m1/s1. The smallest absolute Gasteiger partial charge is 0.114 e. The maximum absolute atomic E-state index is 5.47. The van der Waals surface area contributed by atoms with Gasteiger partial charge in [0.2, 0.25) is 0 Å². The first-order valence-corrected chi connectivity index (χ1v) is 5.79. The molecule has 110 valence electrons. The summed E-state index contributed by atoms with van der Waals surface area (Å²) in [5.41, 5.74) is 0. The molecule has 0 aliphatic rings. The average molecular weight is 266 g/mol. The molecular formula is C12H26O6. The predicted octanol–water partition coefficient (Wildman–Crippen LogP) is 0.339. The highest BCUT2D eigenvalue weighted by Crippen LogP contribution is 2.16. The summed E-state index contributed by atoms with van der Waals surface area (Å²) >= 11 is 0. The number of ether oxygens (including phenoxy) is 6. The molecule has 0 heterocycles. The molecule has 0 aliphatic carbocycles. The Morgan fingerprint density at radius 3 is 1.06 bits per heavy atom. The van der Waals surface area contributed by atoms with Gasteiger partial charge in [-0.1, -0.05) is 0 Å². The van der Waals surface area contributed by atoms with Gasteiger partial charge >= 0.3 is 0 Å². The van der Waals surface area contributed by atoms with Crippen LogP contribution < -0.4 is 0 Å². The fraction of sp³-hybridized carbons (Fsp3) is 1.00. The van der Waals surface area contributed by atoms with E-state index >= 15 is 0 Å². The fourth-order valence-corrected chi connectivity index (χ4v) is 1.92. The Bertz CT molecular complexity index is 169. The molecule has 0 spiro atoms. The first kappa shape index (κ1) is 17.8. The minimum absolute atomic E-state index is 0.237. The molecule has 6 heteroatoms. The number of methoxy groups -OCH3 is 6. The third kappa shape index (κ3) is 5.17. The van der Waals surface area contributed by atoms with E-state index in [0.29, 0.717) is 13.2 Å². The summed E-state index contributed by atoms with van der Waals surface area (Å²) in [6.07, 6.45) is -1.08. The maximum Gasteiger partial charge on any atom is 0.114 e. The molecule has 0 N–H and O–H groups in total. The molecule has 0 aromatic carbocycles. The van der Waals surface area contributed by atoms with Crippen LogP contribution in [0, 0.1) is 0 Å². The van der Waals surface area contributed by atoms with E-state index in [4.69, 9.17) is 28.4 Å². The van der Waals surface area contributed by atoms with Gasteiger partial charge in [0.15, 0.2) is 0 Å². The van der Waals surface area contributed by atoms with Gasteiger partial charge in [-0.3, -0.25) is 0 Å². The summed E-state index contributed by atoms with van der Waals surface area (Å²) in [6, 6.07) is 0. The molecule has 0 aromatic rings. The number of rotatable bonds is 11. The van der Waals surface area contributed by atoms with Gasteiger partial charge in [-0.05, 0) is 0 Å². The van der Waals surface area contributed by atoms with E-state index in [2.05, 4.69) is 0 Å². The average Bonchev–Trinajstić information content (AvgIpc) is 2.40. The van der Waals surface area contributed by atoms with Gasteiger partial charge < -0.3 is 28.4 Å². The van der Waals surface area contributed by atoms with Gasteiger partial charge in [-0.2, -0.15) is 0 Å². The van der Waals surface area contributed by atoms with Gasteiger partial charge in [0.05, 0.1) is 13.2 Å². The minimum Gasteiger partial charge on any atom is -0.382 e. The molecule has 6 nitrogen and oxygen atoms in total. The molecule has 0 radical (unpaired) electrons. The van der Waals surface area contributed by atoms with Crippen molar-refractivity contribution in [3.05, 3.63) is 0 Å². The molecule has 0 amide bonds. The lowest BCUT2D eigenvalue weighted by molar-refractivity contribution is -0.166. The van der Waals surface area contributed by atoms with Crippen molar-refractivity contribution in [2.45, 2.75) is 24.4 Å². The zero-order valence-electron chi connectivity index (χ0n) is 12.2. The predicted molar refractivity (Wildman–Crippen MR) is 66.9 cm³/mol. The Balaban J connectivity index is 4.81. The SMILES string of the molecule is COC[C@@H](OC)[C@H](OC)[C@@H](OC)[C@@H](COC)OC. The van der Waals surface area contributed by atoms with Gasteiger partial charge in [-0.25, -0.2) is 0 Å². The Morgan fingerprint density at radius 1 is 0.556 bits per heavy atom. The lowest BCUT2D eigenvalue weighted by atomic mass is 10.0. The van der Waals surface area contributed by atoms with Crippen LogP contribution in [0.5, 0.6) is 0 Å². The second-order valence-corrected chi connectivity index (χ2v) is 3.86. The maximum atomic E-state index is 5.47. The fourth-order valence-electron chi connectivity index (χ4n) is 1.92. The Hall–Kier alpha value is -0.240. The highest BCUT2D eigenvalue weighted by molar-refractivity contribution is 4.85. The Labute approximate surface area is 109 Å². The summed E-state index contributed by atoms with van der Waals surface area (Å²) < 4.78 is 31.9. The first-order valence-electron chi connectivity index (χ1n) is 5.79. The molecule has 0 aliphatic heterocycles. The third-order valence-electron chi connectivity index (χ3n) is 2.87. The first-order chi connectivity index (χ1) is 8.69. The largest absolute Gasteiger partial charge is 0.382 e. The van der Waals surface area contributed by atoms with E-state index in [1.165, 1.54) is 0 Å². The summed E-state index contributed by atoms with van der Waals surface area (Å²) in [7, 11) is 9.67. The summed E-state index contributed by atoms with van der Waals surface area (Å²) in [5.74, 6) is 0. The van der Waals surface area contributed by atoms with Crippen LogP contribution in [-0.2, 0) is 28.4 Å². The van der Waals surface area contributed by atoms with Gasteiger partial charge in [0.1, 0.15) is 24.4 Å². The van der Waals surface area contributed by atoms with Crippen molar-refractivity contribution in [2.75, 3.05) is 55.9 Å². The minimum atomic E-state index is -0.306. The second kappa shape index (κ2) is 10.7. The van der Waals surface area contributed by atoms with Gasteiger partial charge in [0.25, 0.3) is 0 Å². The van der Waals surface area contributed by atoms with Crippen LogP contribution in [-0.4, -0.2) is 80.3 Å². The van der Waals surface area contributed by atoms with Gasteiger partial charge in [-0.15, -0.1) is 0 Å². The molecule has 0 fully saturated rings. The topological polar surface area (TPSA) is 55.4 Å². The molecule has 0 bridgehead atoms. The lowest BCUT2D eigenvalue weighted by Gasteiger charge is -2.34. The zero-order valence-corrected chi connectivity index (χ0v) is 12.2. The molecule has 0 aromatic heterocycles. The second-order valence-electron chi connectivity index (χ2n) is 3.86. The molecule has 0 saturated carbocycles. The van der Waals surface area contributed by atoms with Crippen LogP contribution in [0.1, 0.15) is 0 Å². The van der Waals surface area contributed by atoms with E-state index in [1.807, 2.05) is 0 Å². The molecule has 0 saturated heterocycles. The van der Waals surface area contributed by atoms with Crippen LogP contribution in [0.25, 0.3) is 0 Å². The van der Waals surface area contributed by atoms with Crippen molar-refractivity contribution >= 4 is 0 Å². The molecular weight excluding hydrogens is 240 g/mol. The lowest BCUT2D eigenvalue weighted by Crippen LogP contribution is -2.50. The van der Waals surface area contributed by atoms with Crippen molar-refractivity contribution in [2.24, 2.45) is 0 Å². The van der Waals surface area contributed by atoms with Crippen molar-refractivity contribution < 1.29 is 28.4 Å². The van der Waals surface area contributed by atoms with Gasteiger partial charge in [0, 0.05) is 42.7 Å². The van der Waals surface area contributed by atoms with Crippen LogP contribution in [0.2, 0.25) is 0 Å². The van der Waals surface area contributed by atoms with E-state index < -0.39 is 0 Å². The van der Waals surface area contributed by atoms with E-state index in [1.54, 1.807) is 42.7 Å². The summed E-state index contributed by atoms with van der Waals surface area (Å²) in [4.78, 5) is 0. The normalized spacial score (nSPS) is 18.3. The van der Waals surface area contributed by atoms with Crippen molar-refractivity contribution in [3.8, 4) is 0 Å². The number of hydrogen-bond acceptors (Lipinski definition) is 6. The molecule has 18 heavy (non-hydrogen) atoms. The van der Waals surface area contributed by atoms with Crippen LogP contribution in [0.15, 0.2) is 0 Å². The Kier molecular flexibility index (Phi) is 10.5. The molecule has 0 unspecified atom stereocenters. The quantitative estimate of drug-likeness (QED) is 0.537. The van der Waals surface area contributed by atoms with Crippen molar-refractivity contribution in [1.29, 1.82) is 0 Å². The number of hydrogen-bond donors (Lipinski definition) is 0. The van der Waals surface area contributed by atoms with Crippen LogP contribution in [0.4, 0.5) is 0 Å². The summed E-state index contributed by atoms with van der Waals surface area (Å²) in [6.45, 7) is 0.830. The third-order valence-corrected chi connectivity index (χ3v) is 2.87. The monoisotopic (exact) mass is 266 g/mol. The van der Waals surface area contributed by atoms with E-state index in [-0.39, 0.29) is 24.4 Å². The van der Waals surface area contributed by atoms with Crippen molar-refractivity contribution in [3.63, 3.8) is 0 Å². The summed E-state index contributed by atoms with van der Waals surface area (Å²) in [5, 5.41) is 0. The van der Waals surface area contributed by atoms with Crippen LogP contribution in [0.3, 0.4) is 0 Å². The van der Waals surface area contributed by atoms with Crippen molar-refractivity contribution in [1.82, 2.24) is 0 Å². The van der Waals surface area contributed by atoms with E-state index in [0.717, 1.165) is 0 Å². The Morgan fingerprint density at radius 2 is 0.889 bits per heavy atom. The van der Waals surface area contributed by atoms with Crippen LogP contribution >= 0.6 is 0 Å².